The van der Waals surface area contributed by atoms with Crippen LogP contribution in [0.1, 0.15) is 97.1 Å². The van der Waals surface area contributed by atoms with Gasteiger partial charge in [-0.15, -0.1) is 0 Å². The molecular formula is C25H42O2. The third-order valence-corrected chi connectivity index (χ3v) is 4.79. The van der Waals surface area contributed by atoms with Crippen LogP contribution in [0.15, 0.2) is 30.8 Å². The molecule has 2 heteroatoms. The van der Waals surface area contributed by atoms with Gasteiger partial charge in [0, 0.05) is 6.61 Å². The first-order chi connectivity index (χ1) is 12.7. The fourth-order valence-corrected chi connectivity index (χ4v) is 3.07. The van der Waals surface area contributed by atoms with Crippen LogP contribution in [0.25, 0.3) is 6.08 Å². The lowest BCUT2D eigenvalue weighted by Gasteiger charge is -2.26. The summed E-state index contributed by atoms with van der Waals surface area (Å²) in [4.78, 5) is 0. The Morgan fingerprint density at radius 3 is 2.11 bits per heavy atom. The summed E-state index contributed by atoms with van der Waals surface area (Å²) in [5.41, 5.74) is 2.75. The van der Waals surface area contributed by atoms with Crippen molar-refractivity contribution in [2.75, 3.05) is 6.61 Å². The predicted octanol–water partition coefficient (Wildman–Crippen LogP) is 7.77. The Hall–Kier alpha value is -1.12. The van der Waals surface area contributed by atoms with E-state index < -0.39 is 5.79 Å². The highest BCUT2D eigenvalue weighted by Crippen LogP contribution is 2.22. The zero-order valence-corrected chi connectivity index (χ0v) is 18.5. The van der Waals surface area contributed by atoms with E-state index in [2.05, 4.69) is 39.5 Å². The lowest BCUT2D eigenvalue weighted by molar-refractivity contribution is -0.220. The number of hydrogen-bond donors (Lipinski definition) is 0. The van der Waals surface area contributed by atoms with Crippen LogP contribution in [0.5, 0.6) is 0 Å². The first kappa shape index (κ1) is 23.9. The number of ether oxygens (including phenoxy) is 2. The van der Waals surface area contributed by atoms with Gasteiger partial charge in [-0.2, -0.15) is 0 Å². The summed E-state index contributed by atoms with van der Waals surface area (Å²) in [5, 5.41) is 0. The smallest absolute Gasteiger partial charge is 0.163 e. The zero-order chi connectivity index (χ0) is 20.2. The van der Waals surface area contributed by atoms with Gasteiger partial charge in [0.25, 0.3) is 0 Å². The summed E-state index contributed by atoms with van der Waals surface area (Å²) in [6.07, 6.45) is 12.3. The third kappa shape index (κ3) is 12.8. The maximum atomic E-state index is 5.96. The van der Waals surface area contributed by atoms with Gasteiger partial charge in [0.15, 0.2) is 5.79 Å². The molecule has 0 aliphatic rings. The summed E-state index contributed by atoms with van der Waals surface area (Å²) in [6.45, 7) is 16.1. The summed E-state index contributed by atoms with van der Waals surface area (Å²) in [6, 6.07) is 8.25. The quantitative estimate of drug-likeness (QED) is 0.244. The van der Waals surface area contributed by atoms with Gasteiger partial charge in [0.2, 0.25) is 0 Å². The predicted molar refractivity (Wildman–Crippen MR) is 118 cm³/mol. The Kier molecular flexibility index (Phi) is 10.9. The molecule has 0 saturated heterocycles. The molecule has 0 spiro atoms. The van der Waals surface area contributed by atoms with Crippen LogP contribution < -0.4 is 0 Å². The van der Waals surface area contributed by atoms with E-state index in [1.165, 1.54) is 44.9 Å². The molecule has 0 aliphatic carbocycles. The molecule has 2 nitrogen and oxygen atoms in total. The van der Waals surface area contributed by atoms with Crippen molar-refractivity contribution in [3.63, 3.8) is 0 Å². The molecule has 0 radical (unpaired) electrons. The van der Waals surface area contributed by atoms with E-state index in [1.807, 2.05) is 32.1 Å². The molecule has 0 N–H and O–H groups in total. The zero-order valence-electron chi connectivity index (χ0n) is 18.5. The molecule has 1 rings (SSSR count). The van der Waals surface area contributed by atoms with E-state index in [-0.39, 0.29) is 0 Å². The van der Waals surface area contributed by atoms with E-state index in [9.17, 15) is 0 Å². The van der Waals surface area contributed by atoms with Gasteiger partial charge in [0.1, 0.15) is 0 Å². The van der Waals surface area contributed by atoms with Crippen LogP contribution in [-0.4, -0.2) is 12.4 Å². The SMILES string of the molecule is C=Cc1cccc(COC(C)(C)OCCCCCCCCCC(C)(C)C)c1. The van der Waals surface area contributed by atoms with Crippen LogP contribution in [0, 0.1) is 5.41 Å². The summed E-state index contributed by atoms with van der Waals surface area (Å²) in [7, 11) is 0. The molecule has 0 unspecified atom stereocenters. The molecule has 1 aromatic carbocycles. The standard InChI is InChI=1S/C25H42O2/c1-7-22-16-15-17-23(20-22)21-27-25(5,6)26-19-14-12-10-8-9-11-13-18-24(2,3)4/h7,15-17,20H,1,8-14,18-19,21H2,2-6H3. The maximum absolute atomic E-state index is 5.96. The van der Waals surface area contributed by atoms with Crippen molar-refractivity contribution in [1.29, 1.82) is 0 Å². The number of hydrogen-bond acceptors (Lipinski definition) is 2. The van der Waals surface area contributed by atoms with Crippen molar-refractivity contribution in [1.82, 2.24) is 0 Å². The Bertz CT molecular complexity index is 525. The van der Waals surface area contributed by atoms with Crippen LogP contribution in [0.2, 0.25) is 0 Å². The van der Waals surface area contributed by atoms with Crippen LogP contribution in [0.4, 0.5) is 0 Å². The average Bonchev–Trinajstić information content (AvgIpc) is 2.61. The van der Waals surface area contributed by atoms with Crippen LogP contribution in [0.3, 0.4) is 0 Å². The highest BCUT2D eigenvalue weighted by Gasteiger charge is 2.18. The van der Waals surface area contributed by atoms with Gasteiger partial charge in [-0.3, -0.25) is 0 Å². The Morgan fingerprint density at radius 1 is 0.852 bits per heavy atom. The lowest BCUT2D eigenvalue weighted by atomic mass is 9.89. The molecule has 0 aliphatic heterocycles. The van der Waals surface area contributed by atoms with Crippen molar-refractivity contribution in [2.45, 2.75) is 98.4 Å². The highest BCUT2D eigenvalue weighted by molar-refractivity contribution is 5.47. The molecule has 0 fully saturated rings. The normalized spacial score (nSPS) is 12.3. The van der Waals surface area contributed by atoms with E-state index in [0.717, 1.165) is 24.2 Å². The Balaban J connectivity index is 2.05. The van der Waals surface area contributed by atoms with E-state index in [1.54, 1.807) is 0 Å². The summed E-state index contributed by atoms with van der Waals surface area (Å²) < 4.78 is 11.9. The summed E-state index contributed by atoms with van der Waals surface area (Å²) in [5.74, 6) is -0.545. The number of benzene rings is 1. The first-order valence-electron chi connectivity index (χ1n) is 10.7. The first-order valence-corrected chi connectivity index (χ1v) is 10.7. The van der Waals surface area contributed by atoms with Gasteiger partial charge < -0.3 is 9.47 Å². The molecule has 27 heavy (non-hydrogen) atoms. The average molecular weight is 375 g/mol. The fraction of sp³-hybridized carbons (Fsp3) is 0.680. The van der Waals surface area contributed by atoms with Gasteiger partial charge in [-0.25, -0.2) is 0 Å². The molecule has 0 saturated carbocycles. The Labute approximate surface area is 168 Å². The molecule has 0 atom stereocenters. The Morgan fingerprint density at radius 2 is 1.48 bits per heavy atom. The minimum absolute atomic E-state index is 0.487. The van der Waals surface area contributed by atoms with Crippen molar-refractivity contribution in [2.24, 2.45) is 5.41 Å². The molecule has 0 bridgehead atoms. The largest absolute Gasteiger partial charge is 0.351 e. The molecule has 154 valence electrons. The van der Waals surface area contributed by atoms with Crippen molar-refractivity contribution < 1.29 is 9.47 Å². The van der Waals surface area contributed by atoms with E-state index in [4.69, 9.17) is 9.47 Å². The molecule has 1 aromatic rings. The second kappa shape index (κ2) is 12.4. The lowest BCUT2D eigenvalue weighted by Crippen LogP contribution is -2.28. The fourth-order valence-electron chi connectivity index (χ4n) is 3.07. The second-order valence-corrected chi connectivity index (χ2v) is 9.27. The second-order valence-electron chi connectivity index (χ2n) is 9.27. The van der Waals surface area contributed by atoms with Crippen molar-refractivity contribution >= 4 is 6.08 Å². The monoisotopic (exact) mass is 374 g/mol. The number of rotatable bonds is 14. The van der Waals surface area contributed by atoms with Crippen molar-refractivity contribution in [3.8, 4) is 0 Å². The van der Waals surface area contributed by atoms with E-state index >= 15 is 0 Å². The molecule has 0 aromatic heterocycles. The topological polar surface area (TPSA) is 18.5 Å². The molecule has 0 heterocycles. The van der Waals surface area contributed by atoms with Gasteiger partial charge in [-0.05, 0) is 49.3 Å². The van der Waals surface area contributed by atoms with Crippen LogP contribution >= 0.6 is 0 Å². The third-order valence-electron chi connectivity index (χ3n) is 4.79. The highest BCUT2D eigenvalue weighted by atomic mass is 16.7. The minimum Gasteiger partial charge on any atom is -0.351 e. The number of unbranched alkanes of at least 4 members (excludes halogenated alkanes) is 6. The van der Waals surface area contributed by atoms with Crippen molar-refractivity contribution in [3.05, 3.63) is 42.0 Å². The van der Waals surface area contributed by atoms with E-state index in [0.29, 0.717) is 12.0 Å². The minimum atomic E-state index is -0.545. The van der Waals surface area contributed by atoms with Gasteiger partial charge in [0.05, 0.1) is 6.61 Å². The maximum Gasteiger partial charge on any atom is 0.163 e. The van der Waals surface area contributed by atoms with Gasteiger partial charge in [-0.1, -0.05) is 90.2 Å². The van der Waals surface area contributed by atoms with Gasteiger partial charge >= 0.3 is 0 Å². The summed E-state index contributed by atoms with van der Waals surface area (Å²) >= 11 is 0. The molecule has 0 amide bonds. The molecular weight excluding hydrogens is 332 g/mol. The van der Waals surface area contributed by atoms with Crippen LogP contribution in [-0.2, 0) is 16.1 Å².